The van der Waals surface area contributed by atoms with Crippen LogP contribution in [-0.2, 0) is 27.1 Å². The molecule has 0 unspecified atom stereocenters. The Balaban J connectivity index is 0.000000598. The molecule has 41 heavy (non-hydrogen) atoms. The van der Waals surface area contributed by atoms with Crippen molar-refractivity contribution in [3.63, 3.8) is 0 Å². The predicted molar refractivity (Wildman–Crippen MR) is 170 cm³/mol. The molecule has 1 aromatic heterocycles. The Bertz CT molecular complexity index is 1390. The lowest BCUT2D eigenvalue weighted by Gasteiger charge is -2.32. The molecule has 8 heteroatoms. The quantitative estimate of drug-likeness (QED) is 0.305. The third-order valence-corrected chi connectivity index (χ3v) is 7.94. The third-order valence-electron chi connectivity index (χ3n) is 7.94. The summed E-state index contributed by atoms with van der Waals surface area (Å²) in [5, 5.41) is 19.4. The minimum Gasteiger partial charge on any atom is -0.481 e. The van der Waals surface area contributed by atoms with Gasteiger partial charge in [-0.1, -0.05) is 29.8 Å². The van der Waals surface area contributed by atoms with Crippen LogP contribution in [0.2, 0.25) is 0 Å². The highest BCUT2D eigenvalue weighted by atomic mass is 16.7. The number of carbonyl (C=O) groups is 1. The lowest BCUT2D eigenvalue weighted by molar-refractivity contribution is -0.136. The van der Waals surface area contributed by atoms with Crippen molar-refractivity contribution in [2.24, 2.45) is 0 Å². The molecule has 2 aromatic carbocycles. The van der Waals surface area contributed by atoms with Crippen LogP contribution in [-0.4, -0.2) is 58.3 Å². The SMILES string of the molecule is C=C.CC(C)(C)O.Cc1ccc(-c2c(CC(=O)O)c(C)c3c4c2cc(B2OC(C)(C)C(C)(C)O2)n4CCN3C)cc1. The van der Waals surface area contributed by atoms with Gasteiger partial charge in [-0.3, -0.25) is 4.79 Å². The summed E-state index contributed by atoms with van der Waals surface area (Å²) in [6.45, 7) is 25.3. The van der Waals surface area contributed by atoms with E-state index in [4.69, 9.17) is 14.4 Å². The zero-order chi connectivity index (χ0) is 31.1. The number of aryl methyl sites for hydroxylation is 1. The van der Waals surface area contributed by atoms with Gasteiger partial charge in [-0.25, -0.2) is 0 Å². The Hall–Kier alpha value is -3.07. The summed E-state index contributed by atoms with van der Waals surface area (Å²) in [5.41, 5.74) is 6.91. The molecule has 7 nitrogen and oxygen atoms in total. The van der Waals surface area contributed by atoms with Crippen molar-refractivity contribution in [3.05, 3.63) is 60.2 Å². The highest BCUT2D eigenvalue weighted by Crippen LogP contribution is 2.44. The lowest BCUT2D eigenvalue weighted by Crippen LogP contribution is -2.42. The van der Waals surface area contributed by atoms with E-state index in [9.17, 15) is 9.90 Å². The van der Waals surface area contributed by atoms with Crippen molar-refractivity contribution >= 4 is 35.3 Å². The van der Waals surface area contributed by atoms with Gasteiger partial charge in [0.25, 0.3) is 0 Å². The van der Waals surface area contributed by atoms with Gasteiger partial charge in [0, 0.05) is 31.1 Å². The molecule has 0 saturated carbocycles. The van der Waals surface area contributed by atoms with Gasteiger partial charge in [0.05, 0.1) is 34.4 Å². The van der Waals surface area contributed by atoms with Crippen LogP contribution in [0.1, 0.15) is 65.2 Å². The maximum absolute atomic E-state index is 12.0. The summed E-state index contributed by atoms with van der Waals surface area (Å²) in [4.78, 5) is 14.2. The van der Waals surface area contributed by atoms with Gasteiger partial charge >= 0.3 is 13.1 Å². The molecule has 0 aliphatic carbocycles. The van der Waals surface area contributed by atoms with Crippen molar-refractivity contribution in [3.8, 4) is 11.1 Å². The minimum atomic E-state index is -0.827. The van der Waals surface area contributed by atoms with Gasteiger partial charge in [0.1, 0.15) is 0 Å². The fourth-order valence-electron chi connectivity index (χ4n) is 5.34. The summed E-state index contributed by atoms with van der Waals surface area (Å²) in [6, 6.07) is 10.5. The van der Waals surface area contributed by atoms with E-state index in [1.54, 1.807) is 20.8 Å². The summed E-state index contributed by atoms with van der Waals surface area (Å²) in [7, 11) is 1.60. The van der Waals surface area contributed by atoms with E-state index in [1.807, 2.05) is 0 Å². The second-order valence-electron chi connectivity index (χ2n) is 12.9. The van der Waals surface area contributed by atoms with E-state index in [-0.39, 0.29) is 6.42 Å². The Kier molecular flexibility index (Phi) is 9.23. The van der Waals surface area contributed by atoms with E-state index in [2.05, 4.69) is 102 Å². The molecule has 2 N–H and O–H groups in total. The number of carboxylic acids is 1. The molecule has 2 aliphatic rings. The highest BCUT2D eigenvalue weighted by molar-refractivity contribution is 6.62. The molecule has 0 atom stereocenters. The number of carboxylic acid groups (broad SMARTS) is 1. The molecule has 1 saturated heterocycles. The fourth-order valence-corrected chi connectivity index (χ4v) is 5.34. The number of hydrogen-bond donors (Lipinski definition) is 2. The number of aliphatic hydroxyl groups is 1. The highest BCUT2D eigenvalue weighted by Gasteiger charge is 2.53. The zero-order valence-electron chi connectivity index (χ0n) is 26.5. The number of benzene rings is 2. The molecule has 222 valence electrons. The van der Waals surface area contributed by atoms with E-state index >= 15 is 0 Å². The molecule has 0 amide bonds. The van der Waals surface area contributed by atoms with Crippen LogP contribution in [0.15, 0.2) is 43.5 Å². The first-order valence-electron chi connectivity index (χ1n) is 14.2. The average molecular weight is 563 g/mol. The zero-order valence-corrected chi connectivity index (χ0v) is 26.5. The van der Waals surface area contributed by atoms with Gasteiger partial charge in [-0.2, -0.15) is 0 Å². The van der Waals surface area contributed by atoms with Crippen molar-refractivity contribution in [2.45, 2.75) is 92.1 Å². The molecular weight excluding hydrogens is 515 g/mol. The lowest BCUT2D eigenvalue weighted by atomic mass is 9.83. The average Bonchev–Trinajstić information content (AvgIpc) is 3.32. The van der Waals surface area contributed by atoms with Crippen LogP contribution in [0.5, 0.6) is 0 Å². The first-order chi connectivity index (χ1) is 18.9. The molecule has 1 fully saturated rings. The Morgan fingerprint density at radius 3 is 2.02 bits per heavy atom. The maximum Gasteiger partial charge on any atom is 0.512 e. The number of anilines is 1. The van der Waals surface area contributed by atoms with Crippen molar-refractivity contribution in [1.29, 1.82) is 0 Å². The Morgan fingerprint density at radius 2 is 1.54 bits per heavy atom. The van der Waals surface area contributed by atoms with Gasteiger partial charge in [0.2, 0.25) is 0 Å². The molecule has 3 aromatic rings. The van der Waals surface area contributed by atoms with Crippen LogP contribution in [0.4, 0.5) is 5.69 Å². The summed E-state index contributed by atoms with van der Waals surface area (Å²) in [6.07, 6.45) is -0.0250. The van der Waals surface area contributed by atoms with Crippen LogP contribution >= 0.6 is 0 Å². The van der Waals surface area contributed by atoms with Crippen molar-refractivity contribution < 1.29 is 24.3 Å². The van der Waals surface area contributed by atoms with Crippen molar-refractivity contribution in [1.82, 2.24) is 4.57 Å². The van der Waals surface area contributed by atoms with Gasteiger partial charge in [0.15, 0.2) is 0 Å². The number of rotatable bonds is 4. The normalized spacial score (nSPS) is 17.0. The number of aromatic nitrogens is 1. The molecule has 5 rings (SSSR count). The first-order valence-corrected chi connectivity index (χ1v) is 14.2. The van der Waals surface area contributed by atoms with Crippen LogP contribution < -0.4 is 10.5 Å². The van der Waals surface area contributed by atoms with Gasteiger partial charge in [-0.15, -0.1) is 13.2 Å². The smallest absolute Gasteiger partial charge is 0.481 e. The van der Waals surface area contributed by atoms with E-state index in [1.165, 1.54) is 5.56 Å². The van der Waals surface area contributed by atoms with E-state index in [0.29, 0.717) is 0 Å². The number of likely N-dealkylation sites (N-methyl/N-ethyl adjacent to an activating group) is 1. The molecule has 0 bridgehead atoms. The van der Waals surface area contributed by atoms with Crippen LogP contribution in [0.25, 0.3) is 22.0 Å². The van der Waals surface area contributed by atoms with Gasteiger partial charge < -0.3 is 29.0 Å². The molecular formula is C33H47BN2O5. The topological polar surface area (TPSA) is 84.2 Å². The molecule has 2 aliphatic heterocycles. The monoisotopic (exact) mass is 562 g/mol. The Labute approximate surface area is 245 Å². The molecule has 0 radical (unpaired) electrons. The second kappa shape index (κ2) is 11.7. The molecule has 3 heterocycles. The number of aliphatic carboxylic acids is 1. The summed E-state index contributed by atoms with van der Waals surface area (Å²) >= 11 is 0. The van der Waals surface area contributed by atoms with Crippen molar-refractivity contribution in [2.75, 3.05) is 18.5 Å². The first kappa shape index (κ1) is 32.4. The summed E-state index contributed by atoms with van der Waals surface area (Å²) in [5.74, 6) is -0.827. The Morgan fingerprint density at radius 1 is 1.02 bits per heavy atom. The maximum atomic E-state index is 12.0. The predicted octanol–water partition coefficient (Wildman–Crippen LogP) is 5.88. The number of hydrogen-bond acceptors (Lipinski definition) is 5. The summed E-state index contributed by atoms with van der Waals surface area (Å²) < 4.78 is 15.2. The third kappa shape index (κ3) is 6.55. The fraction of sp³-hybridized carbons (Fsp3) is 0.485. The number of nitrogens with zero attached hydrogens (tertiary/aromatic N) is 2. The van der Waals surface area contributed by atoms with Crippen LogP contribution in [0.3, 0.4) is 0 Å². The largest absolute Gasteiger partial charge is 0.512 e. The van der Waals surface area contributed by atoms with E-state index < -0.39 is 29.9 Å². The minimum absolute atomic E-state index is 0.0250. The second-order valence-corrected chi connectivity index (χ2v) is 12.9. The van der Waals surface area contributed by atoms with Gasteiger partial charge in [-0.05, 0) is 90.6 Å². The molecule has 0 spiro atoms. The van der Waals surface area contributed by atoms with Crippen LogP contribution in [0, 0.1) is 13.8 Å². The van der Waals surface area contributed by atoms with E-state index in [0.717, 1.165) is 57.5 Å². The standard InChI is InChI=1S/C27H33BN2O4.C4H10O.C2H4/c1-16-8-10-18(11-9-16)23-19(15-22(31)32)17(2)24-25-20(23)14-21(30(25)13-12-29(24)7)28-33-26(3,4)27(5,6)34-28;1-4(2,3)5;1-2/h8-11,14H,12-13,15H2,1-7H3,(H,31,32);5H,1-3H3;1-2H2.